The number of rotatable bonds is 4. The second-order valence-corrected chi connectivity index (χ2v) is 4.81. The van der Waals surface area contributed by atoms with E-state index < -0.39 is 6.10 Å². The zero-order valence-electron chi connectivity index (χ0n) is 10.4. The maximum absolute atomic E-state index is 10.1. The monoisotopic (exact) mass is 260 g/mol. The van der Waals surface area contributed by atoms with Crippen molar-refractivity contribution in [2.24, 2.45) is 0 Å². The van der Waals surface area contributed by atoms with Crippen LogP contribution in [0.15, 0.2) is 48.5 Å². The van der Waals surface area contributed by atoms with Crippen LogP contribution in [0.25, 0.3) is 11.1 Å². The molecule has 0 aliphatic heterocycles. The van der Waals surface area contributed by atoms with Crippen LogP contribution in [0.4, 0.5) is 0 Å². The van der Waals surface area contributed by atoms with Crippen LogP contribution >= 0.6 is 11.6 Å². The van der Waals surface area contributed by atoms with Crippen LogP contribution < -0.4 is 0 Å². The molecule has 0 saturated carbocycles. The summed E-state index contributed by atoms with van der Waals surface area (Å²) in [7, 11) is 0. The summed E-state index contributed by atoms with van der Waals surface area (Å²) in [6.07, 6.45) is 1.19. The molecule has 18 heavy (non-hydrogen) atoms. The average Bonchev–Trinajstić information content (AvgIpc) is 2.40. The fourth-order valence-corrected chi connectivity index (χ4v) is 2.28. The van der Waals surface area contributed by atoms with E-state index in [9.17, 15) is 5.11 Å². The second-order valence-electron chi connectivity index (χ2n) is 4.41. The van der Waals surface area contributed by atoms with Gasteiger partial charge < -0.3 is 5.11 Å². The molecule has 0 saturated heterocycles. The predicted octanol–water partition coefficient (Wildman–Crippen LogP) is 4.84. The summed E-state index contributed by atoms with van der Waals surface area (Å²) in [5, 5.41) is 10.7. The van der Waals surface area contributed by atoms with Crippen LogP contribution in [0.2, 0.25) is 5.02 Å². The minimum atomic E-state index is -0.480. The summed E-state index contributed by atoms with van der Waals surface area (Å²) < 4.78 is 0. The van der Waals surface area contributed by atoms with Crippen molar-refractivity contribution in [1.82, 2.24) is 0 Å². The molecule has 2 rings (SSSR count). The quantitative estimate of drug-likeness (QED) is 0.834. The summed E-state index contributed by atoms with van der Waals surface area (Å²) in [5.41, 5.74) is 3.05. The average molecular weight is 261 g/mol. The molecule has 94 valence electrons. The molecule has 1 atom stereocenters. The van der Waals surface area contributed by atoms with Crippen molar-refractivity contribution in [2.75, 3.05) is 0 Å². The number of aliphatic hydroxyl groups is 1. The van der Waals surface area contributed by atoms with E-state index in [0.29, 0.717) is 5.02 Å². The lowest BCUT2D eigenvalue weighted by atomic mass is 9.99. The Labute approximate surface area is 113 Å². The van der Waals surface area contributed by atoms with Gasteiger partial charge in [0.1, 0.15) is 0 Å². The van der Waals surface area contributed by atoms with Gasteiger partial charge in [0.2, 0.25) is 0 Å². The molecule has 0 radical (unpaired) electrons. The molecule has 0 heterocycles. The van der Waals surface area contributed by atoms with Crippen molar-refractivity contribution in [3.63, 3.8) is 0 Å². The lowest BCUT2D eigenvalue weighted by molar-refractivity contribution is 0.166. The molecular formula is C16H17ClO. The van der Waals surface area contributed by atoms with E-state index in [1.165, 1.54) is 0 Å². The smallest absolute Gasteiger partial charge is 0.0804 e. The van der Waals surface area contributed by atoms with Gasteiger partial charge in [-0.05, 0) is 35.2 Å². The SMILES string of the molecule is CCCC(O)c1cc(-c2ccccc2)ccc1Cl. The standard InChI is InChI=1S/C16H17ClO/c1-2-6-16(18)14-11-13(9-10-15(14)17)12-7-4-3-5-8-12/h3-5,7-11,16,18H,2,6H2,1H3. The number of halogens is 1. The van der Waals surface area contributed by atoms with Crippen LogP contribution in [-0.2, 0) is 0 Å². The van der Waals surface area contributed by atoms with Crippen molar-refractivity contribution in [2.45, 2.75) is 25.9 Å². The Morgan fingerprint density at radius 2 is 1.78 bits per heavy atom. The maximum atomic E-state index is 10.1. The first-order chi connectivity index (χ1) is 8.72. The van der Waals surface area contributed by atoms with Crippen molar-refractivity contribution in [3.05, 3.63) is 59.1 Å². The van der Waals surface area contributed by atoms with Crippen molar-refractivity contribution < 1.29 is 5.11 Å². The van der Waals surface area contributed by atoms with Gasteiger partial charge in [-0.1, -0.05) is 61.3 Å². The van der Waals surface area contributed by atoms with Crippen LogP contribution in [0.3, 0.4) is 0 Å². The van der Waals surface area contributed by atoms with Gasteiger partial charge in [0, 0.05) is 5.02 Å². The molecule has 2 aromatic rings. The summed E-state index contributed by atoms with van der Waals surface area (Å²) >= 11 is 6.15. The fourth-order valence-electron chi connectivity index (χ4n) is 2.04. The van der Waals surface area contributed by atoms with Gasteiger partial charge in [-0.3, -0.25) is 0 Å². The highest BCUT2D eigenvalue weighted by molar-refractivity contribution is 6.31. The number of hydrogen-bond donors (Lipinski definition) is 1. The maximum Gasteiger partial charge on any atom is 0.0804 e. The van der Waals surface area contributed by atoms with E-state index in [0.717, 1.165) is 29.5 Å². The van der Waals surface area contributed by atoms with Crippen LogP contribution in [0, 0.1) is 0 Å². The zero-order chi connectivity index (χ0) is 13.0. The second kappa shape index (κ2) is 6.03. The summed E-state index contributed by atoms with van der Waals surface area (Å²) in [6.45, 7) is 2.05. The van der Waals surface area contributed by atoms with Crippen LogP contribution in [-0.4, -0.2) is 5.11 Å². The van der Waals surface area contributed by atoms with Gasteiger partial charge in [-0.15, -0.1) is 0 Å². The van der Waals surface area contributed by atoms with Gasteiger partial charge in [0.05, 0.1) is 6.10 Å². The molecule has 0 aliphatic carbocycles. The van der Waals surface area contributed by atoms with E-state index in [4.69, 9.17) is 11.6 Å². The third-order valence-corrected chi connectivity index (χ3v) is 3.37. The molecular weight excluding hydrogens is 244 g/mol. The van der Waals surface area contributed by atoms with E-state index in [1.54, 1.807) is 0 Å². The molecule has 0 fully saturated rings. The first-order valence-electron chi connectivity index (χ1n) is 6.25. The largest absolute Gasteiger partial charge is 0.388 e. The molecule has 0 aromatic heterocycles. The van der Waals surface area contributed by atoms with Crippen molar-refractivity contribution in [1.29, 1.82) is 0 Å². The lowest BCUT2D eigenvalue weighted by Gasteiger charge is -2.13. The molecule has 1 unspecified atom stereocenters. The third kappa shape index (κ3) is 2.92. The molecule has 1 nitrogen and oxygen atoms in total. The molecule has 2 heteroatoms. The number of benzene rings is 2. The number of hydrogen-bond acceptors (Lipinski definition) is 1. The van der Waals surface area contributed by atoms with Crippen molar-refractivity contribution >= 4 is 11.6 Å². The van der Waals surface area contributed by atoms with Crippen LogP contribution in [0.5, 0.6) is 0 Å². The van der Waals surface area contributed by atoms with Crippen LogP contribution in [0.1, 0.15) is 31.4 Å². The minimum absolute atomic E-state index is 0.480. The Morgan fingerprint density at radius 1 is 1.06 bits per heavy atom. The Hall–Kier alpha value is -1.31. The molecule has 2 aromatic carbocycles. The first-order valence-corrected chi connectivity index (χ1v) is 6.63. The van der Waals surface area contributed by atoms with Gasteiger partial charge in [0.25, 0.3) is 0 Å². The zero-order valence-corrected chi connectivity index (χ0v) is 11.2. The highest BCUT2D eigenvalue weighted by atomic mass is 35.5. The van der Waals surface area contributed by atoms with Gasteiger partial charge in [-0.2, -0.15) is 0 Å². The summed E-state index contributed by atoms with van der Waals surface area (Å²) in [4.78, 5) is 0. The Bertz CT molecular complexity index is 508. The normalized spacial score (nSPS) is 12.4. The molecule has 1 N–H and O–H groups in total. The Morgan fingerprint density at radius 3 is 2.44 bits per heavy atom. The number of aliphatic hydroxyl groups excluding tert-OH is 1. The highest BCUT2D eigenvalue weighted by Crippen LogP contribution is 2.30. The molecule has 0 aliphatic rings. The van der Waals surface area contributed by atoms with E-state index in [2.05, 4.69) is 19.1 Å². The molecule has 0 bridgehead atoms. The first kappa shape index (κ1) is 13.1. The summed E-state index contributed by atoms with van der Waals surface area (Å²) in [6, 6.07) is 15.9. The van der Waals surface area contributed by atoms with E-state index in [-0.39, 0.29) is 0 Å². The predicted molar refractivity (Wildman–Crippen MR) is 76.8 cm³/mol. The van der Waals surface area contributed by atoms with Gasteiger partial charge in [-0.25, -0.2) is 0 Å². The molecule has 0 spiro atoms. The van der Waals surface area contributed by atoms with Gasteiger partial charge in [0.15, 0.2) is 0 Å². The third-order valence-electron chi connectivity index (χ3n) is 3.02. The topological polar surface area (TPSA) is 20.2 Å². The van der Waals surface area contributed by atoms with Gasteiger partial charge >= 0.3 is 0 Å². The Balaban J connectivity index is 2.38. The Kier molecular flexibility index (Phi) is 4.40. The molecule has 0 amide bonds. The minimum Gasteiger partial charge on any atom is -0.388 e. The lowest BCUT2D eigenvalue weighted by Crippen LogP contribution is -1.98. The van der Waals surface area contributed by atoms with E-state index >= 15 is 0 Å². The van der Waals surface area contributed by atoms with Crippen molar-refractivity contribution in [3.8, 4) is 11.1 Å². The highest BCUT2D eigenvalue weighted by Gasteiger charge is 2.11. The summed E-state index contributed by atoms with van der Waals surface area (Å²) in [5.74, 6) is 0. The van der Waals surface area contributed by atoms with E-state index in [1.807, 2.05) is 36.4 Å². The fraction of sp³-hybridized carbons (Fsp3) is 0.250.